The molecular formula is C58H37N5. The summed E-state index contributed by atoms with van der Waals surface area (Å²) in [5.74, 6) is 0. The summed E-state index contributed by atoms with van der Waals surface area (Å²) < 4.78 is 2.45. The van der Waals surface area contributed by atoms with Crippen molar-refractivity contribution in [3.63, 3.8) is 0 Å². The van der Waals surface area contributed by atoms with Crippen LogP contribution >= 0.6 is 0 Å². The minimum Gasteiger partial charge on any atom is -0.309 e. The Morgan fingerprint density at radius 1 is 0.333 bits per heavy atom. The lowest BCUT2D eigenvalue weighted by atomic mass is 9.97. The molecule has 12 rings (SSSR count). The van der Waals surface area contributed by atoms with Crippen LogP contribution < -0.4 is 0 Å². The molecule has 0 aliphatic carbocycles. The highest BCUT2D eigenvalue weighted by Crippen LogP contribution is 2.42. The number of benzene rings is 7. The van der Waals surface area contributed by atoms with E-state index in [1.807, 2.05) is 36.7 Å². The molecule has 0 amide bonds. The van der Waals surface area contributed by atoms with Gasteiger partial charge < -0.3 is 4.57 Å². The van der Waals surface area contributed by atoms with Crippen LogP contribution in [0, 0.1) is 0 Å². The second-order valence-corrected chi connectivity index (χ2v) is 15.8. The van der Waals surface area contributed by atoms with Gasteiger partial charge in [-0.25, -0.2) is 9.97 Å². The van der Waals surface area contributed by atoms with Crippen molar-refractivity contribution in [2.75, 3.05) is 0 Å². The summed E-state index contributed by atoms with van der Waals surface area (Å²) in [6, 6.07) is 74.7. The molecule has 0 bridgehead atoms. The fourth-order valence-electron chi connectivity index (χ4n) is 9.07. The van der Waals surface area contributed by atoms with E-state index in [2.05, 4.69) is 198 Å². The molecule has 0 aliphatic rings. The van der Waals surface area contributed by atoms with Gasteiger partial charge >= 0.3 is 0 Å². The van der Waals surface area contributed by atoms with Crippen LogP contribution in [0.3, 0.4) is 0 Å². The van der Waals surface area contributed by atoms with Crippen molar-refractivity contribution < 1.29 is 0 Å². The first kappa shape index (κ1) is 36.3. The zero-order valence-electron chi connectivity index (χ0n) is 34.1. The summed E-state index contributed by atoms with van der Waals surface area (Å²) in [5.41, 5.74) is 16.2. The molecule has 5 nitrogen and oxygen atoms in total. The normalized spacial score (nSPS) is 11.5. The van der Waals surface area contributed by atoms with Crippen LogP contribution in [-0.2, 0) is 0 Å². The minimum atomic E-state index is 0.802. The van der Waals surface area contributed by atoms with Crippen molar-refractivity contribution in [3.8, 4) is 73.1 Å². The zero-order chi connectivity index (χ0) is 41.7. The van der Waals surface area contributed by atoms with E-state index in [0.717, 1.165) is 100 Å². The van der Waals surface area contributed by atoms with Crippen molar-refractivity contribution in [2.24, 2.45) is 0 Å². The summed E-state index contributed by atoms with van der Waals surface area (Å²) in [6.45, 7) is 0. The standard InChI is InChI=1S/C58H37N5/c1-3-14-38(15-4-1)43-29-32-52(60-37-43)54-36-44(35-53(61-54)40-27-25-39(26-28-40)50-22-11-12-33-59-50)42-18-13-19-45(34-42)63-55-24-10-8-20-46(55)47-30-31-49-56(58(47)63)48-21-7-9-23-51(48)62-57(49)41-16-5-2-6-17-41/h1-37H. The predicted molar refractivity (Wildman–Crippen MR) is 260 cm³/mol. The Morgan fingerprint density at radius 2 is 1.00 bits per heavy atom. The summed E-state index contributed by atoms with van der Waals surface area (Å²) in [4.78, 5) is 20.1. The van der Waals surface area contributed by atoms with Gasteiger partial charge in [0, 0.05) is 67.3 Å². The van der Waals surface area contributed by atoms with E-state index in [-0.39, 0.29) is 0 Å². The predicted octanol–water partition coefficient (Wildman–Crippen LogP) is 14.7. The quantitative estimate of drug-likeness (QED) is 0.151. The highest BCUT2D eigenvalue weighted by Gasteiger charge is 2.20. The number of aromatic nitrogens is 5. The van der Waals surface area contributed by atoms with Gasteiger partial charge in [0.25, 0.3) is 0 Å². The third-order valence-corrected chi connectivity index (χ3v) is 12.1. The monoisotopic (exact) mass is 803 g/mol. The topological polar surface area (TPSA) is 56.5 Å². The van der Waals surface area contributed by atoms with E-state index in [9.17, 15) is 0 Å². The summed E-state index contributed by atoms with van der Waals surface area (Å²) >= 11 is 0. The van der Waals surface area contributed by atoms with Crippen LogP contribution in [0.4, 0.5) is 0 Å². The molecular weight excluding hydrogens is 767 g/mol. The van der Waals surface area contributed by atoms with Crippen LogP contribution in [0.25, 0.3) is 117 Å². The number of rotatable bonds is 7. The molecule has 0 fully saturated rings. The molecule has 63 heavy (non-hydrogen) atoms. The average Bonchev–Trinajstić information content (AvgIpc) is 3.71. The number of para-hydroxylation sites is 2. The lowest BCUT2D eigenvalue weighted by molar-refractivity contribution is 1.19. The number of hydrogen-bond donors (Lipinski definition) is 0. The highest BCUT2D eigenvalue weighted by atomic mass is 15.0. The number of hydrogen-bond acceptors (Lipinski definition) is 4. The fourth-order valence-corrected chi connectivity index (χ4v) is 9.07. The number of fused-ring (bicyclic) bond motifs is 7. The molecule has 0 spiro atoms. The first-order valence-electron chi connectivity index (χ1n) is 21.2. The van der Waals surface area contributed by atoms with Crippen LogP contribution in [0.2, 0.25) is 0 Å². The maximum absolute atomic E-state index is 5.27. The number of nitrogens with zero attached hydrogens (tertiary/aromatic N) is 5. The summed E-state index contributed by atoms with van der Waals surface area (Å²) in [7, 11) is 0. The van der Waals surface area contributed by atoms with Crippen LogP contribution in [-0.4, -0.2) is 24.5 Å². The van der Waals surface area contributed by atoms with Crippen molar-refractivity contribution in [3.05, 3.63) is 225 Å². The Balaban J connectivity index is 1.06. The molecule has 5 aromatic heterocycles. The maximum atomic E-state index is 5.27. The second-order valence-electron chi connectivity index (χ2n) is 15.8. The zero-order valence-corrected chi connectivity index (χ0v) is 34.1. The lowest BCUT2D eigenvalue weighted by Gasteiger charge is -2.15. The Bertz CT molecular complexity index is 3540. The van der Waals surface area contributed by atoms with Crippen LogP contribution in [0.1, 0.15) is 0 Å². The Hall–Kier alpha value is -8.54. The molecule has 0 aliphatic heterocycles. The Morgan fingerprint density at radius 3 is 1.78 bits per heavy atom. The van der Waals surface area contributed by atoms with Gasteiger partial charge in [0.1, 0.15) is 0 Å². The molecule has 12 aromatic rings. The molecule has 5 heterocycles. The van der Waals surface area contributed by atoms with Gasteiger partial charge in [-0.15, -0.1) is 0 Å². The smallest absolute Gasteiger partial charge is 0.0899 e. The van der Waals surface area contributed by atoms with E-state index < -0.39 is 0 Å². The van der Waals surface area contributed by atoms with E-state index in [1.165, 1.54) is 16.2 Å². The molecule has 0 saturated carbocycles. The third kappa shape index (κ3) is 6.42. The Labute approximate surface area is 364 Å². The van der Waals surface area contributed by atoms with E-state index in [4.69, 9.17) is 15.0 Å². The fraction of sp³-hybridized carbons (Fsp3) is 0. The van der Waals surface area contributed by atoms with E-state index in [0.29, 0.717) is 0 Å². The molecule has 294 valence electrons. The first-order chi connectivity index (χ1) is 31.2. The maximum Gasteiger partial charge on any atom is 0.0899 e. The minimum absolute atomic E-state index is 0.802. The van der Waals surface area contributed by atoms with Crippen LogP contribution in [0.15, 0.2) is 225 Å². The molecule has 5 heteroatoms. The van der Waals surface area contributed by atoms with Gasteiger partial charge in [-0.1, -0.05) is 158 Å². The van der Waals surface area contributed by atoms with Gasteiger partial charge in [0.15, 0.2) is 0 Å². The van der Waals surface area contributed by atoms with E-state index in [1.54, 1.807) is 0 Å². The molecule has 0 N–H and O–H groups in total. The average molecular weight is 804 g/mol. The summed E-state index contributed by atoms with van der Waals surface area (Å²) in [5, 5.41) is 5.84. The molecule has 0 unspecified atom stereocenters. The first-order valence-corrected chi connectivity index (χ1v) is 21.2. The molecule has 0 saturated heterocycles. The van der Waals surface area contributed by atoms with Gasteiger partial charge in [0.2, 0.25) is 0 Å². The second kappa shape index (κ2) is 15.2. The summed E-state index contributed by atoms with van der Waals surface area (Å²) in [6.07, 6.45) is 3.77. The number of pyridine rings is 4. The lowest BCUT2D eigenvalue weighted by Crippen LogP contribution is -1.97. The highest BCUT2D eigenvalue weighted by molar-refractivity contribution is 6.27. The van der Waals surface area contributed by atoms with Gasteiger partial charge in [0.05, 0.1) is 45.0 Å². The van der Waals surface area contributed by atoms with Gasteiger partial charge in [-0.05, 0) is 71.3 Å². The van der Waals surface area contributed by atoms with Crippen molar-refractivity contribution in [1.82, 2.24) is 24.5 Å². The van der Waals surface area contributed by atoms with Crippen LogP contribution in [0.5, 0.6) is 0 Å². The molecule has 0 radical (unpaired) electrons. The largest absolute Gasteiger partial charge is 0.309 e. The van der Waals surface area contributed by atoms with Gasteiger partial charge in [-0.3, -0.25) is 9.97 Å². The molecule has 0 atom stereocenters. The van der Waals surface area contributed by atoms with Crippen molar-refractivity contribution in [1.29, 1.82) is 0 Å². The third-order valence-electron chi connectivity index (χ3n) is 12.1. The van der Waals surface area contributed by atoms with Crippen molar-refractivity contribution in [2.45, 2.75) is 0 Å². The SMILES string of the molecule is c1ccc(-c2ccc(-c3cc(-c4cccc(-n5c6ccccc6c6ccc7c(-c8ccccc8)nc8ccccc8c7c65)c4)cc(-c4ccc(-c5ccccn5)cc4)n3)nc2)cc1. The van der Waals surface area contributed by atoms with E-state index >= 15 is 0 Å². The van der Waals surface area contributed by atoms with Gasteiger partial charge in [-0.2, -0.15) is 0 Å². The Kier molecular flexibility index (Phi) is 8.75. The van der Waals surface area contributed by atoms with Crippen molar-refractivity contribution >= 4 is 43.5 Å². The molecule has 7 aromatic carbocycles.